The van der Waals surface area contributed by atoms with Gasteiger partial charge in [0.1, 0.15) is 42.7 Å². The van der Waals surface area contributed by atoms with E-state index in [-0.39, 0.29) is 0 Å². The Bertz CT molecular complexity index is 1120. The van der Waals surface area contributed by atoms with Crippen LogP contribution in [0.4, 0.5) is 0 Å². The van der Waals surface area contributed by atoms with Gasteiger partial charge in [0.2, 0.25) is 0 Å². The summed E-state index contributed by atoms with van der Waals surface area (Å²) >= 11 is 0. The molecular formula is C15H24N2O17P2. The molecule has 11 atom stereocenters. The predicted molar refractivity (Wildman–Crippen MR) is 109 cm³/mol. The van der Waals surface area contributed by atoms with Crippen molar-refractivity contribution in [3.63, 3.8) is 0 Å². The van der Waals surface area contributed by atoms with E-state index in [1.807, 2.05) is 4.98 Å². The van der Waals surface area contributed by atoms with Crippen molar-refractivity contribution in [2.45, 2.75) is 55.2 Å². The van der Waals surface area contributed by atoms with Crippen LogP contribution in [0, 0.1) is 0 Å². The maximum atomic E-state index is 12.2. The van der Waals surface area contributed by atoms with Crippen molar-refractivity contribution >= 4 is 15.6 Å². The molecule has 2 saturated heterocycles. The molecule has 9 N–H and O–H groups in total. The molecule has 2 aliphatic rings. The highest BCUT2D eigenvalue weighted by Crippen LogP contribution is 2.61. The molecule has 206 valence electrons. The van der Waals surface area contributed by atoms with E-state index in [9.17, 15) is 54.0 Å². The van der Waals surface area contributed by atoms with Gasteiger partial charge in [0.15, 0.2) is 12.5 Å². The number of phosphoric ester groups is 2. The zero-order chi connectivity index (χ0) is 27.0. The van der Waals surface area contributed by atoms with Gasteiger partial charge in [0, 0.05) is 12.3 Å². The van der Waals surface area contributed by atoms with Gasteiger partial charge in [-0.3, -0.25) is 23.4 Å². The normalized spacial score (nSPS) is 38.4. The van der Waals surface area contributed by atoms with Gasteiger partial charge in [-0.05, 0) is 0 Å². The van der Waals surface area contributed by atoms with Gasteiger partial charge in [-0.25, -0.2) is 13.9 Å². The molecular weight excluding hydrogens is 542 g/mol. The van der Waals surface area contributed by atoms with Crippen LogP contribution in [0.25, 0.3) is 0 Å². The Labute approximate surface area is 199 Å². The molecule has 2 unspecified atom stereocenters. The van der Waals surface area contributed by atoms with Gasteiger partial charge in [-0.2, -0.15) is 4.31 Å². The molecule has 21 heteroatoms. The molecule has 0 aliphatic carbocycles. The van der Waals surface area contributed by atoms with Gasteiger partial charge in [-0.15, -0.1) is 0 Å². The number of hydrogen-bond donors (Lipinski definition) is 9. The fraction of sp³-hybridized carbons (Fsp3) is 0.733. The summed E-state index contributed by atoms with van der Waals surface area (Å²) < 4.78 is 48.1. The standard InChI is InChI=1S/C15H24N2O17P2/c18-3-5-8(20)10(22)12(24)14(32-5)33-36(28,29)34-35(26,27)30-4-6-9(21)11(23)13(31-6)17-2-1-7(19)16-15(17)25/h1-2,5-6,8-14,18,20-24H,3-4H2,(H,26,27)(H,28,29)(H,16,19,25)/t5-,6+,8+,9-,10-,11-,12-,13-,14+/m0/s1. The highest BCUT2D eigenvalue weighted by atomic mass is 31.3. The molecule has 3 heterocycles. The van der Waals surface area contributed by atoms with Crippen LogP contribution in [0.15, 0.2) is 21.9 Å². The second-order valence-electron chi connectivity index (χ2n) is 7.68. The number of aromatic nitrogens is 2. The van der Waals surface area contributed by atoms with Crippen molar-refractivity contribution in [2.75, 3.05) is 13.2 Å². The van der Waals surface area contributed by atoms with Crippen LogP contribution in [0.3, 0.4) is 0 Å². The van der Waals surface area contributed by atoms with Crippen LogP contribution in [0.1, 0.15) is 6.23 Å². The number of phosphoric acid groups is 2. The number of aromatic amines is 1. The summed E-state index contributed by atoms with van der Waals surface area (Å²) in [6.45, 7) is -1.93. The number of rotatable bonds is 9. The van der Waals surface area contributed by atoms with Crippen molar-refractivity contribution in [3.8, 4) is 0 Å². The maximum Gasteiger partial charge on any atom is 0.483 e. The average Bonchev–Trinajstić information content (AvgIpc) is 3.06. The summed E-state index contributed by atoms with van der Waals surface area (Å²) in [5.41, 5.74) is -1.75. The van der Waals surface area contributed by atoms with Crippen LogP contribution in [-0.2, 0) is 32.0 Å². The molecule has 0 amide bonds. The number of nitrogens with one attached hydrogen (secondary N) is 1. The zero-order valence-corrected chi connectivity index (χ0v) is 19.6. The van der Waals surface area contributed by atoms with Crippen LogP contribution >= 0.6 is 15.6 Å². The minimum Gasteiger partial charge on any atom is -0.394 e. The topological polar surface area (TPSA) is 297 Å². The molecule has 2 fully saturated rings. The number of aliphatic hydroxyl groups excluding tert-OH is 6. The van der Waals surface area contributed by atoms with E-state index < -0.39 is 95.4 Å². The Morgan fingerprint density at radius 1 is 0.917 bits per heavy atom. The highest BCUT2D eigenvalue weighted by Gasteiger charge is 2.49. The Morgan fingerprint density at radius 3 is 2.17 bits per heavy atom. The number of aliphatic hydroxyl groups is 6. The molecule has 19 nitrogen and oxygen atoms in total. The maximum absolute atomic E-state index is 12.2. The number of nitrogens with zero attached hydrogens (tertiary/aromatic N) is 1. The second-order valence-corrected chi connectivity index (χ2v) is 10.7. The van der Waals surface area contributed by atoms with Crippen molar-refractivity contribution in [3.05, 3.63) is 33.1 Å². The summed E-state index contributed by atoms with van der Waals surface area (Å²) in [5.74, 6) is 0. The quantitative estimate of drug-likeness (QED) is 0.127. The lowest BCUT2D eigenvalue weighted by atomic mass is 10.00. The molecule has 0 aromatic carbocycles. The predicted octanol–water partition coefficient (Wildman–Crippen LogP) is -4.79. The molecule has 0 spiro atoms. The SMILES string of the molecule is O=c1ccn([C@H]2O[C@H](COP(=O)(O)OP(=O)(O)O[C@H]3O[C@@H](CO)[C@@H](O)[C@H](O)[C@@H]3O)[C@H](O)[C@@H]2O)c(=O)[nH]1. The Balaban J connectivity index is 1.61. The summed E-state index contributed by atoms with van der Waals surface area (Å²) in [7, 11) is -11.1. The average molecular weight is 566 g/mol. The lowest BCUT2D eigenvalue weighted by molar-refractivity contribution is -0.280. The van der Waals surface area contributed by atoms with E-state index in [2.05, 4.69) is 13.4 Å². The fourth-order valence-corrected chi connectivity index (χ4v) is 5.51. The number of hydrogen-bond acceptors (Lipinski definition) is 15. The largest absolute Gasteiger partial charge is 0.483 e. The van der Waals surface area contributed by atoms with Crippen LogP contribution in [0.5, 0.6) is 0 Å². The van der Waals surface area contributed by atoms with Crippen LogP contribution < -0.4 is 11.2 Å². The van der Waals surface area contributed by atoms with E-state index in [1.54, 1.807) is 0 Å². The fourth-order valence-electron chi connectivity index (χ4n) is 3.35. The third kappa shape index (κ3) is 6.54. The second kappa shape index (κ2) is 11.2. The lowest BCUT2D eigenvalue weighted by Crippen LogP contribution is -2.58. The van der Waals surface area contributed by atoms with Gasteiger partial charge < -0.3 is 49.9 Å². The minimum atomic E-state index is -5.59. The molecule has 2 aliphatic heterocycles. The van der Waals surface area contributed by atoms with Gasteiger partial charge >= 0.3 is 21.3 Å². The summed E-state index contributed by atoms with van der Waals surface area (Å²) in [6.07, 6.45) is -15.4. The first-order chi connectivity index (χ1) is 16.7. The Hall–Kier alpha value is -1.38. The lowest BCUT2D eigenvalue weighted by Gasteiger charge is -2.39. The third-order valence-electron chi connectivity index (χ3n) is 5.16. The molecule has 1 aromatic rings. The van der Waals surface area contributed by atoms with Gasteiger partial charge in [-0.1, -0.05) is 0 Å². The summed E-state index contributed by atoms with van der Waals surface area (Å²) in [4.78, 5) is 44.5. The van der Waals surface area contributed by atoms with Gasteiger partial charge in [0.25, 0.3) is 5.56 Å². The molecule has 0 bridgehead atoms. The van der Waals surface area contributed by atoms with E-state index in [4.69, 9.17) is 14.6 Å². The first-order valence-electron chi connectivity index (χ1n) is 9.99. The van der Waals surface area contributed by atoms with E-state index in [0.29, 0.717) is 0 Å². The molecule has 1 aromatic heterocycles. The summed E-state index contributed by atoms with van der Waals surface area (Å²) in [6, 6.07) is 0.928. The third-order valence-corrected chi connectivity index (χ3v) is 7.76. The van der Waals surface area contributed by atoms with Crippen molar-refractivity contribution in [1.29, 1.82) is 0 Å². The van der Waals surface area contributed by atoms with Crippen molar-refractivity contribution < 1.29 is 72.4 Å². The molecule has 3 rings (SSSR count). The van der Waals surface area contributed by atoms with Crippen molar-refractivity contribution in [1.82, 2.24) is 9.55 Å². The Kier molecular flexibility index (Phi) is 9.05. The van der Waals surface area contributed by atoms with Crippen molar-refractivity contribution in [2.24, 2.45) is 0 Å². The smallest absolute Gasteiger partial charge is 0.394 e. The monoisotopic (exact) mass is 566 g/mol. The first-order valence-corrected chi connectivity index (χ1v) is 13.0. The molecule has 36 heavy (non-hydrogen) atoms. The summed E-state index contributed by atoms with van der Waals surface area (Å²) in [5, 5.41) is 58.6. The first kappa shape index (κ1) is 29.2. The van der Waals surface area contributed by atoms with Crippen LogP contribution in [-0.4, -0.2) is 112 Å². The van der Waals surface area contributed by atoms with E-state index in [1.165, 1.54) is 0 Å². The van der Waals surface area contributed by atoms with E-state index in [0.717, 1.165) is 16.8 Å². The highest BCUT2D eigenvalue weighted by molar-refractivity contribution is 7.61. The minimum absolute atomic E-state index is 0.723. The van der Waals surface area contributed by atoms with Crippen LogP contribution in [0.2, 0.25) is 0 Å². The van der Waals surface area contributed by atoms with Gasteiger partial charge in [0.05, 0.1) is 13.2 Å². The molecule has 0 saturated carbocycles. The molecule has 0 radical (unpaired) electrons. The van der Waals surface area contributed by atoms with E-state index >= 15 is 0 Å². The number of ether oxygens (including phenoxy) is 2. The zero-order valence-electron chi connectivity index (χ0n) is 17.9. The Morgan fingerprint density at radius 2 is 1.56 bits per heavy atom. The number of H-pyrrole nitrogens is 1.